The highest BCUT2D eigenvalue weighted by molar-refractivity contribution is 5.68. The molecule has 0 aliphatic carbocycles. The Hall–Kier alpha value is -1.56. The molecule has 1 fully saturated rings. The van der Waals surface area contributed by atoms with Crippen molar-refractivity contribution in [3.63, 3.8) is 0 Å². The maximum Gasteiger partial charge on any atom is 0.412 e. The summed E-state index contributed by atoms with van der Waals surface area (Å²) in [5.41, 5.74) is 1.01. The van der Waals surface area contributed by atoms with Crippen LogP contribution in [0, 0.1) is 0 Å². The molecular formula is C15H25N3O3. The van der Waals surface area contributed by atoms with Crippen LogP contribution in [0.25, 0.3) is 0 Å². The van der Waals surface area contributed by atoms with Crippen LogP contribution in [-0.4, -0.2) is 46.4 Å². The van der Waals surface area contributed by atoms with E-state index in [9.17, 15) is 4.79 Å². The van der Waals surface area contributed by atoms with Crippen molar-refractivity contribution < 1.29 is 14.3 Å². The Bertz CT molecular complexity index is 422. The monoisotopic (exact) mass is 295 g/mol. The lowest BCUT2D eigenvalue weighted by Crippen LogP contribution is -2.43. The van der Waals surface area contributed by atoms with Crippen molar-refractivity contribution in [1.82, 2.24) is 14.9 Å². The van der Waals surface area contributed by atoms with Crippen LogP contribution in [0.5, 0.6) is 0 Å². The molecule has 2 rings (SSSR count). The number of hydrogen-bond donors (Lipinski definition) is 1. The molecule has 1 aliphatic rings. The number of carbonyl (C=O) groups excluding carboxylic acids is 1. The van der Waals surface area contributed by atoms with Gasteiger partial charge in [-0.05, 0) is 12.8 Å². The van der Waals surface area contributed by atoms with Gasteiger partial charge in [-0.3, -0.25) is 4.90 Å². The third-order valence-electron chi connectivity index (χ3n) is 3.66. The van der Waals surface area contributed by atoms with E-state index in [0.717, 1.165) is 31.4 Å². The molecule has 6 nitrogen and oxygen atoms in total. The molecule has 1 N–H and O–H groups in total. The zero-order valence-corrected chi connectivity index (χ0v) is 12.9. The number of nitrogens with one attached hydrogen (secondary N) is 1. The Morgan fingerprint density at radius 2 is 2.38 bits per heavy atom. The summed E-state index contributed by atoms with van der Waals surface area (Å²) in [5, 5.41) is 0. The van der Waals surface area contributed by atoms with Crippen LogP contribution in [0.15, 0.2) is 12.5 Å². The maximum atomic E-state index is 12.3. The third-order valence-corrected chi connectivity index (χ3v) is 3.66. The van der Waals surface area contributed by atoms with Crippen LogP contribution in [0.1, 0.15) is 45.2 Å². The summed E-state index contributed by atoms with van der Waals surface area (Å²) in [7, 11) is 0. The van der Waals surface area contributed by atoms with Crippen molar-refractivity contribution in [1.29, 1.82) is 0 Å². The Balaban J connectivity index is 1.99. The van der Waals surface area contributed by atoms with E-state index in [1.165, 1.54) is 0 Å². The smallest absolute Gasteiger partial charge is 0.412 e. The van der Waals surface area contributed by atoms with E-state index in [-0.39, 0.29) is 18.4 Å². The van der Waals surface area contributed by atoms with Gasteiger partial charge in [-0.15, -0.1) is 0 Å². The standard InChI is InChI=1S/C15H25N3O3/c1-3-5-7-20-15(19)18-13(8-12-9-16-11-17-12)10-21-14(18)6-4-2/h9,11,13-14H,3-8,10H2,1-2H3,(H,16,17)/t13-,14-/m0/s1. The molecule has 1 aromatic rings. The van der Waals surface area contributed by atoms with E-state index in [1.807, 2.05) is 0 Å². The van der Waals surface area contributed by atoms with Crippen molar-refractivity contribution in [3.8, 4) is 0 Å². The van der Waals surface area contributed by atoms with Crippen LogP contribution in [-0.2, 0) is 15.9 Å². The number of imidazole rings is 1. The number of H-pyrrole nitrogens is 1. The minimum atomic E-state index is -0.260. The number of ether oxygens (including phenoxy) is 2. The van der Waals surface area contributed by atoms with E-state index in [2.05, 4.69) is 23.8 Å². The SMILES string of the molecule is CCCCOC(=O)N1[C@@H](Cc2cnc[nH]2)CO[C@H]1CCC. The quantitative estimate of drug-likeness (QED) is 0.785. The maximum absolute atomic E-state index is 12.3. The van der Waals surface area contributed by atoms with Gasteiger partial charge in [0.15, 0.2) is 0 Å². The third kappa shape index (κ3) is 4.20. The molecule has 1 aliphatic heterocycles. The molecule has 21 heavy (non-hydrogen) atoms. The first kappa shape index (κ1) is 15.8. The van der Waals surface area contributed by atoms with Crippen molar-refractivity contribution in [2.24, 2.45) is 0 Å². The predicted octanol–water partition coefficient (Wildman–Crippen LogP) is 2.72. The first-order valence-electron chi connectivity index (χ1n) is 7.80. The normalized spacial score (nSPS) is 21.7. The van der Waals surface area contributed by atoms with Crippen molar-refractivity contribution in [2.45, 2.75) is 58.2 Å². The van der Waals surface area contributed by atoms with Gasteiger partial charge < -0.3 is 14.5 Å². The molecule has 1 aromatic heterocycles. The van der Waals surface area contributed by atoms with E-state index in [1.54, 1.807) is 17.4 Å². The Morgan fingerprint density at radius 1 is 1.52 bits per heavy atom. The number of unbranched alkanes of at least 4 members (excludes halogenated alkanes) is 1. The van der Waals surface area contributed by atoms with Gasteiger partial charge in [-0.2, -0.15) is 0 Å². The molecule has 0 bridgehead atoms. The summed E-state index contributed by atoms with van der Waals surface area (Å²) in [6.07, 6.45) is 7.43. The van der Waals surface area contributed by atoms with Crippen LogP contribution < -0.4 is 0 Å². The number of aromatic nitrogens is 2. The number of hydrogen-bond acceptors (Lipinski definition) is 4. The summed E-state index contributed by atoms with van der Waals surface area (Å²) < 4.78 is 11.2. The molecule has 0 radical (unpaired) electrons. The second-order valence-corrected chi connectivity index (χ2v) is 5.39. The molecule has 2 atom stereocenters. The van der Waals surface area contributed by atoms with Gasteiger partial charge in [0.2, 0.25) is 0 Å². The highest BCUT2D eigenvalue weighted by Crippen LogP contribution is 2.24. The fraction of sp³-hybridized carbons (Fsp3) is 0.733. The van der Waals surface area contributed by atoms with Gasteiger partial charge in [-0.25, -0.2) is 9.78 Å². The highest BCUT2D eigenvalue weighted by atomic mass is 16.6. The van der Waals surface area contributed by atoms with Crippen LogP contribution in [0.2, 0.25) is 0 Å². The molecule has 0 aromatic carbocycles. The van der Waals surface area contributed by atoms with Crippen molar-refractivity contribution in [3.05, 3.63) is 18.2 Å². The van der Waals surface area contributed by atoms with Gasteiger partial charge in [-0.1, -0.05) is 26.7 Å². The minimum absolute atomic E-state index is 0.0103. The van der Waals surface area contributed by atoms with Crippen LogP contribution >= 0.6 is 0 Å². The van der Waals surface area contributed by atoms with Crippen molar-refractivity contribution in [2.75, 3.05) is 13.2 Å². The molecule has 0 saturated carbocycles. The van der Waals surface area contributed by atoms with Gasteiger partial charge in [0.1, 0.15) is 6.23 Å². The van der Waals surface area contributed by atoms with E-state index >= 15 is 0 Å². The Kier molecular flexibility index (Phi) is 6.04. The largest absolute Gasteiger partial charge is 0.449 e. The number of amides is 1. The van der Waals surface area contributed by atoms with Gasteiger partial charge in [0.25, 0.3) is 0 Å². The first-order valence-corrected chi connectivity index (χ1v) is 7.80. The van der Waals surface area contributed by atoms with Gasteiger partial charge in [0, 0.05) is 18.3 Å². The molecule has 118 valence electrons. The molecule has 2 heterocycles. The molecule has 1 amide bonds. The lowest BCUT2D eigenvalue weighted by Gasteiger charge is -2.27. The Morgan fingerprint density at radius 3 is 3.05 bits per heavy atom. The molecule has 6 heteroatoms. The fourth-order valence-electron chi connectivity index (χ4n) is 2.54. The second kappa shape index (κ2) is 8.02. The molecular weight excluding hydrogens is 270 g/mol. The average molecular weight is 295 g/mol. The fourth-order valence-corrected chi connectivity index (χ4v) is 2.54. The van der Waals surface area contributed by atoms with Crippen LogP contribution in [0.3, 0.4) is 0 Å². The molecule has 0 unspecified atom stereocenters. The summed E-state index contributed by atoms with van der Waals surface area (Å²) in [5.74, 6) is 0. The van der Waals surface area contributed by atoms with E-state index in [0.29, 0.717) is 19.6 Å². The summed E-state index contributed by atoms with van der Waals surface area (Å²) in [4.78, 5) is 21.2. The van der Waals surface area contributed by atoms with Gasteiger partial charge >= 0.3 is 6.09 Å². The summed E-state index contributed by atoms with van der Waals surface area (Å²) >= 11 is 0. The summed E-state index contributed by atoms with van der Waals surface area (Å²) in [6, 6.07) is 0.0103. The Labute approximate surface area is 125 Å². The second-order valence-electron chi connectivity index (χ2n) is 5.39. The number of aromatic amines is 1. The number of nitrogens with zero attached hydrogens (tertiary/aromatic N) is 2. The number of carbonyl (C=O) groups is 1. The van der Waals surface area contributed by atoms with E-state index in [4.69, 9.17) is 9.47 Å². The minimum Gasteiger partial charge on any atom is -0.449 e. The van der Waals surface area contributed by atoms with Crippen LogP contribution in [0.4, 0.5) is 4.79 Å². The predicted molar refractivity (Wildman–Crippen MR) is 78.8 cm³/mol. The molecule has 0 spiro atoms. The highest BCUT2D eigenvalue weighted by Gasteiger charge is 2.38. The number of rotatable bonds is 7. The summed E-state index contributed by atoms with van der Waals surface area (Å²) in [6.45, 7) is 5.19. The van der Waals surface area contributed by atoms with E-state index < -0.39 is 0 Å². The average Bonchev–Trinajstić information content (AvgIpc) is 3.10. The zero-order valence-electron chi connectivity index (χ0n) is 12.9. The zero-order chi connectivity index (χ0) is 15.1. The van der Waals surface area contributed by atoms with Crippen molar-refractivity contribution >= 4 is 6.09 Å². The lowest BCUT2D eigenvalue weighted by molar-refractivity contribution is 0.0156. The van der Waals surface area contributed by atoms with Gasteiger partial charge in [0.05, 0.1) is 25.6 Å². The molecule has 1 saturated heterocycles. The lowest BCUT2D eigenvalue weighted by atomic mass is 10.1. The topological polar surface area (TPSA) is 67.5 Å². The first-order chi connectivity index (χ1) is 10.3.